The normalized spacial score (nSPS) is 41.9. The number of hydrogen-bond donors (Lipinski definition) is 3. The Morgan fingerprint density at radius 3 is 2.35 bits per heavy atom. The van der Waals surface area contributed by atoms with E-state index in [2.05, 4.69) is 0 Å². The molecule has 0 heterocycles. The molecule has 0 aromatic rings. The summed E-state index contributed by atoms with van der Waals surface area (Å²) < 4.78 is 11.7. The molecule has 8 nitrogen and oxygen atoms in total. The highest BCUT2D eigenvalue weighted by Crippen LogP contribution is 2.75. The van der Waals surface area contributed by atoms with Crippen LogP contribution in [0.25, 0.3) is 0 Å². The molecule has 2 unspecified atom stereocenters. The minimum absolute atomic E-state index is 0.160. The van der Waals surface area contributed by atoms with Gasteiger partial charge < -0.3 is 24.8 Å². The largest absolute Gasteiger partial charge is 0.461 e. The molecule has 4 aliphatic carbocycles. The van der Waals surface area contributed by atoms with Gasteiger partial charge in [-0.3, -0.25) is 14.4 Å². The van der Waals surface area contributed by atoms with Crippen molar-refractivity contribution in [1.29, 1.82) is 0 Å². The summed E-state index contributed by atoms with van der Waals surface area (Å²) in [7, 11) is 0. The Bertz CT molecular complexity index is 1080. The molecule has 0 aromatic carbocycles. The molecule has 0 aromatic heterocycles. The summed E-state index contributed by atoms with van der Waals surface area (Å²) in [5.74, 6) is -2.94. The van der Waals surface area contributed by atoms with E-state index >= 15 is 0 Å². The maximum Gasteiger partial charge on any atom is 0.311 e. The van der Waals surface area contributed by atoms with Crippen LogP contribution >= 0.6 is 0 Å². The lowest BCUT2D eigenvalue weighted by Crippen LogP contribution is -2.65. The molecular formula is C29H42O8. The maximum atomic E-state index is 14.5. The molecule has 4 rings (SSSR count). The van der Waals surface area contributed by atoms with E-state index in [0.717, 1.165) is 0 Å². The molecular weight excluding hydrogens is 476 g/mol. The van der Waals surface area contributed by atoms with Gasteiger partial charge >= 0.3 is 11.9 Å². The minimum Gasteiger partial charge on any atom is -0.461 e. The average Bonchev–Trinajstić information content (AvgIpc) is 3.20. The number of hydrogen-bond acceptors (Lipinski definition) is 8. The zero-order valence-corrected chi connectivity index (χ0v) is 23.3. The first-order valence-corrected chi connectivity index (χ1v) is 13.3. The molecule has 2 fully saturated rings. The van der Waals surface area contributed by atoms with Gasteiger partial charge in [0.25, 0.3) is 0 Å². The molecule has 0 radical (unpaired) electrons. The van der Waals surface area contributed by atoms with Crippen LogP contribution in [0.3, 0.4) is 0 Å². The summed E-state index contributed by atoms with van der Waals surface area (Å²) in [6.07, 6.45) is 1.23. The van der Waals surface area contributed by atoms with Crippen molar-refractivity contribution in [1.82, 2.24) is 0 Å². The molecule has 1 spiro atoms. The van der Waals surface area contributed by atoms with Crippen LogP contribution in [0.1, 0.15) is 74.7 Å². The summed E-state index contributed by atoms with van der Waals surface area (Å²) in [6.45, 7) is 14.1. The Hall–Kier alpha value is -2.03. The first-order valence-electron chi connectivity index (χ1n) is 13.3. The number of fused-ring (bicyclic) bond motifs is 3. The predicted molar refractivity (Wildman–Crippen MR) is 135 cm³/mol. The number of ketones is 1. The summed E-state index contributed by atoms with van der Waals surface area (Å²) in [5, 5.41) is 35.0. The van der Waals surface area contributed by atoms with E-state index in [4.69, 9.17) is 9.47 Å². The van der Waals surface area contributed by atoms with Gasteiger partial charge in [0, 0.05) is 23.7 Å². The fourth-order valence-corrected chi connectivity index (χ4v) is 7.54. The molecule has 0 amide bonds. The predicted octanol–water partition coefficient (Wildman–Crippen LogP) is 2.88. The number of rotatable bonds is 5. The van der Waals surface area contributed by atoms with Crippen molar-refractivity contribution in [2.24, 2.45) is 34.0 Å². The van der Waals surface area contributed by atoms with Crippen molar-refractivity contribution in [2.75, 3.05) is 6.61 Å². The molecule has 2 bridgehead atoms. The molecule has 4 aliphatic rings. The van der Waals surface area contributed by atoms with Crippen LogP contribution in [-0.2, 0) is 23.9 Å². The van der Waals surface area contributed by atoms with Crippen molar-refractivity contribution < 1.29 is 39.2 Å². The lowest BCUT2D eigenvalue weighted by molar-refractivity contribution is -0.192. The summed E-state index contributed by atoms with van der Waals surface area (Å²) in [6, 6.07) is 0. The van der Waals surface area contributed by atoms with Crippen LogP contribution in [0.5, 0.6) is 0 Å². The Balaban J connectivity index is 1.88. The first-order chi connectivity index (χ1) is 16.9. The number of aliphatic hydroxyl groups excluding tert-OH is 2. The van der Waals surface area contributed by atoms with E-state index in [-0.39, 0.29) is 30.4 Å². The van der Waals surface area contributed by atoms with Crippen LogP contribution in [0.2, 0.25) is 0 Å². The second-order valence-electron chi connectivity index (χ2n) is 13.3. The van der Waals surface area contributed by atoms with E-state index in [1.165, 1.54) is 0 Å². The molecule has 2 saturated carbocycles. The molecule has 8 atom stereocenters. The van der Waals surface area contributed by atoms with Gasteiger partial charge in [-0.05, 0) is 57.6 Å². The molecule has 8 heteroatoms. The van der Waals surface area contributed by atoms with Gasteiger partial charge in [0.2, 0.25) is 0 Å². The van der Waals surface area contributed by atoms with Gasteiger partial charge in [-0.2, -0.15) is 0 Å². The maximum absolute atomic E-state index is 14.5. The second-order valence-corrected chi connectivity index (χ2v) is 13.3. The van der Waals surface area contributed by atoms with Crippen molar-refractivity contribution in [3.8, 4) is 0 Å². The summed E-state index contributed by atoms with van der Waals surface area (Å²) in [5.41, 5.74) is -5.60. The standard InChI is InChI=1S/C29H42O8/c1-9-10-19(30)37-28-13-16(3)27-12-15(2)21(31)29(27,35)22(32)17(14-36-24(34)25(4,5)6)11-18(23(27)33)20(28)26(28,7)8/h11-12,16,18,20-22,31-32,35H,9-10,13-14H2,1-8H3/t16?,18-,20+,21-,22+,27?,28-,29+/m0/s1. The van der Waals surface area contributed by atoms with Crippen LogP contribution in [-0.4, -0.2) is 63.1 Å². The number of carbonyl (C=O) groups is 3. The van der Waals surface area contributed by atoms with Crippen LogP contribution in [0, 0.1) is 34.0 Å². The Labute approximate surface area is 219 Å². The van der Waals surface area contributed by atoms with E-state index in [0.29, 0.717) is 18.4 Å². The topological polar surface area (TPSA) is 130 Å². The average molecular weight is 519 g/mol. The number of allylic oxidation sites excluding steroid dienone is 1. The number of aliphatic hydroxyl groups is 3. The van der Waals surface area contributed by atoms with E-state index in [1.54, 1.807) is 39.8 Å². The molecule has 0 saturated heterocycles. The summed E-state index contributed by atoms with van der Waals surface area (Å²) >= 11 is 0. The van der Waals surface area contributed by atoms with E-state index in [9.17, 15) is 29.7 Å². The highest BCUT2D eigenvalue weighted by Gasteiger charge is 2.83. The zero-order chi connectivity index (χ0) is 27.9. The number of carbonyl (C=O) groups excluding carboxylic acids is 3. The SMILES string of the molecule is CCCC(=O)O[C@@]12CC(C)C34C=C(C)[C@H](O)[C@@]3(O)[C@H](O)C(COC(=O)C(C)(C)C)=C[C@H](C4=O)[C@@H]1C2(C)C. The van der Waals surface area contributed by atoms with Crippen molar-refractivity contribution in [3.63, 3.8) is 0 Å². The lowest BCUT2D eigenvalue weighted by Gasteiger charge is -2.48. The van der Waals surface area contributed by atoms with Gasteiger partial charge in [0.05, 0.1) is 10.8 Å². The fourth-order valence-electron chi connectivity index (χ4n) is 7.54. The van der Waals surface area contributed by atoms with Gasteiger partial charge in [-0.15, -0.1) is 0 Å². The Kier molecular flexibility index (Phi) is 6.42. The van der Waals surface area contributed by atoms with Gasteiger partial charge in [0.1, 0.15) is 30.0 Å². The van der Waals surface area contributed by atoms with Gasteiger partial charge in [0.15, 0.2) is 5.78 Å². The first kappa shape index (κ1) is 28.0. The van der Waals surface area contributed by atoms with Crippen molar-refractivity contribution >= 4 is 17.7 Å². The monoisotopic (exact) mass is 518 g/mol. The van der Waals surface area contributed by atoms with Gasteiger partial charge in [-0.25, -0.2) is 0 Å². The minimum atomic E-state index is -2.27. The molecule has 37 heavy (non-hydrogen) atoms. The van der Waals surface area contributed by atoms with E-state index < -0.39 is 63.4 Å². The zero-order valence-electron chi connectivity index (χ0n) is 23.3. The highest BCUT2D eigenvalue weighted by molar-refractivity contribution is 5.96. The third kappa shape index (κ3) is 3.54. The Morgan fingerprint density at radius 2 is 1.78 bits per heavy atom. The van der Waals surface area contributed by atoms with Crippen LogP contribution < -0.4 is 0 Å². The molecule has 0 aliphatic heterocycles. The van der Waals surface area contributed by atoms with Crippen molar-refractivity contribution in [2.45, 2.75) is 98.1 Å². The fraction of sp³-hybridized carbons (Fsp3) is 0.759. The highest BCUT2D eigenvalue weighted by atomic mass is 16.6. The smallest absolute Gasteiger partial charge is 0.311 e. The third-order valence-corrected chi connectivity index (χ3v) is 9.60. The third-order valence-electron chi connectivity index (χ3n) is 9.60. The van der Waals surface area contributed by atoms with Gasteiger partial charge in [-0.1, -0.05) is 39.8 Å². The second kappa shape index (κ2) is 8.48. The van der Waals surface area contributed by atoms with Crippen molar-refractivity contribution in [3.05, 3.63) is 23.3 Å². The Morgan fingerprint density at radius 1 is 1.16 bits per heavy atom. The quantitative estimate of drug-likeness (QED) is 0.374. The van der Waals surface area contributed by atoms with Crippen LogP contribution in [0.15, 0.2) is 23.3 Å². The number of esters is 2. The molecule has 206 valence electrons. The van der Waals surface area contributed by atoms with Crippen LogP contribution in [0.4, 0.5) is 0 Å². The summed E-state index contributed by atoms with van der Waals surface area (Å²) in [4.78, 5) is 39.8. The molecule has 3 N–H and O–H groups in total. The van der Waals surface area contributed by atoms with E-state index in [1.807, 2.05) is 27.7 Å². The lowest BCUT2D eigenvalue weighted by atomic mass is 9.59. The number of Topliss-reactive ketones (excluding diaryl/α,β-unsaturated/α-hetero) is 1. The number of ether oxygens (including phenoxy) is 2.